The zero-order chi connectivity index (χ0) is 25.2. The van der Waals surface area contributed by atoms with Gasteiger partial charge in [0.1, 0.15) is 5.82 Å². The van der Waals surface area contributed by atoms with Crippen LogP contribution >= 0.6 is 0 Å². The molecule has 1 aromatic heterocycles. The summed E-state index contributed by atoms with van der Waals surface area (Å²) in [7, 11) is -2.06. The summed E-state index contributed by atoms with van der Waals surface area (Å²) >= 11 is 0. The van der Waals surface area contributed by atoms with E-state index in [9.17, 15) is 18.0 Å². The molecular weight excluding hydrogens is 452 g/mol. The normalized spacial score (nSPS) is 15.2. The number of carbonyl (C=O) groups is 2. The summed E-state index contributed by atoms with van der Waals surface area (Å²) in [6.45, 7) is 9.90. The van der Waals surface area contributed by atoms with E-state index in [1.165, 1.54) is 9.21 Å². The molecule has 34 heavy (non-hydrogen) atoms. The Balaban J connectivity index is 1.62. The number of carbonyl (C=O) groups excluding carboxylic acids is 2. The summed E-state index contributed by atoms with van der Waals surface area (Å²) in [5.41, 5.74) is 4.42. The van der Waals surface area contributed by atoms with E-state index in [0.29, 0.717) is 23.6 Å². The lowest BCUT2D eigenvalue weighted by atomic mass is 9.96. The van der Waals surface area contributed by atoms with Crippen molar-refractivity contribution in [1.29, 1.82) is 0 Å². The first-order chi connectivity index (χ1) is 15.9. The van der Waals surface area contributed by atoms with Crippen molar-refractivity contribution in [2.24, 2.45) is 5.92 Å². The average Bonchev–Trinajstić information content (AvgIpc) is 2.77. The number of piperidine rings is 1. The van der Waals surface area contributed by atoms with Gasteiger partial charge in [-0.3, -0.25) is 9.59 Å². The Morgan fingerprint density at radius 3 is 2.21 bits per heavy atom. The molecule has 9 heteroatoms. The number of benzene rings is 1. The molecule has 1 N–H and O–H groups in total. The van der Waals surface area contributed by atoms with E-state index in [4.69, 9.17) is 0 Å². The van der Waals surface area contributed by atoms with Crippen LogP contribution in [0.3, 0.4) is 0 Å². The first-order valence-corrected chi connectivity index (χ1v) is 12.9. The first kappa shape index (κ1) is 25.8. The first-order valence-electron chi connectivity index (χ1n) is 11.5. The zero-order valence-electron chi connectivity index (χ0n) is 20.8. The monoisotopic (exact) mass is 486 g/mol. The lowest BCUT2D eigenvalue weighted by Crippen LogP contribution is -2.45. The average molecular weight is 487 g/mol. The molecule has 2 heterocycles. The largest absolute Gasteiger partial charge is 0.336 e. The molecule has 3 rings (SSSR count). The van der Waals surface area contributed by atoms with Crippen molar-refractivity contribution >= 4 is 27.7 Å². The van der Waals surface area contributed by atoms with Gasteiger partial charge >= 0.3 is 0 Å². The minimum Gasteiger partial charge on any atom is -0.336 e. The third-order valence-electron chi connectivity index (χ3n) is 6.64. The van der Waals surface area contributed by atoms with Crippen molar-refractivity contribution in [1.82, 2.24) is 14.2 Å². The second-order valence-electron chi connectivity index (χ2n) is 9.23. The van der Waals surface area contributed by atoms with E-state index in [0.717, 1.165) is 27.8 Å². The van der Waals surface area contributed by atoms with Gasteiger partial charge in [0.2, 0.25) is 21.8 Å². The highest BCUT2D eigenvalue weighted by Gasteiger charge is 2.35. The molecule has 1 saturated heterocycles. The van der Waals surface area contributed by atoms with E-state index < -0.39 is 10.0 Å². The molecule has 1 aromatic carbocycles. The van der Waals surface area contributed by atoms with Gasteiger partial charge in [-0.2, -0.15) is 4.31 Å². The highest BCUT2D eigenvalue weighted by atomic mass is 32.2. The lowest BCUT2D eigenvalue weighted by molar-refractivity contribution is -0.138. The van der Waals surface area contributed by atoms with Crippen LogP contribution < -0.4 is 5.32 Å². The summed E-state index contributed by atoms with van der Waals surface area (Å²) in [4.78, 5) is 31.2. The van der Waals surface area contributed by atoms with Gasteiger partial charge in [0.25, 0.3) is 0 Å². The van der Waals surface area contributed by atoms with Crippen LogP contribution in [-0.4, -0.2) is 61.1 Å². The third kappa shape index (κ3) is 5.47. The van der Waals surface area contributed by atoms with E-state index in [1.54, 1.807) is 19.3 Å². The highest BCUT2D eigenvalue weighted by molar-refractivity contribution is 7.89. The SMILES string of the molecule is Cc1ccnc(NC(=O)CN(C)C(=O)C2CCN(S(=O)(=O)c3c(C)c(C)cc(C)c3C)CC2)c1. The van der Waals surface area contributed by atoms with E-state index in [1.807, 2.05) is 46.8 Å². The van der Waals surface area contributed by atoms with Gasteiger partial charge in [0.15, 0.2) is 0 Å². The quantitative estimate of drug-likeness (QED) is 0.676. The number of nitrogens with zero attached hydrogens (tertiary/aromatic N) is 3. The van der Waals surface area contributed by atoms with Gasteiger partial charge in [-0.1, -0.05) is 6.07 Å². The summed E-state index contributed by atoms with van der Waals surface area (Å²) in [5, 5.41) is 2.70. The van der Waals surface area contributed by atoms with E-state index >= 15 is 0 Å². The number of sulfonamides is 1. The molecule has 1 fully saturated rings. The van der Waals surface area contributed by atoms with E-state index in [-0.39, 0.29) is 37.4 Å². The molecule has 0 aliphatic carbocycles. The summed E-state index contributed by atoms with van der Waals surface area (Å²) in [6.07, 6.45) is 2.46. The zero-order valence-corrected chi connectivity index (χ0v) is 21.6. The maximum absolute atomic E-state index is 13.5. The van der Waals surface area contributed by atoms with Crippen molar-refractivity contribution in [2.75, 3.05) is 32.0 Å². The molecule has 0 saturated carbocycles. The fourth-order valence-corrected chi connectivity index (χ4v) is 6.48. The molecule has 0 atom stereocenters. The number of nitrogens with one attached hydrogen (secondary N) is 1. The molecule has 0 bridgehead atoms. The Morgan fingerprint density at radius 1 is 1.06 bits per heavy atom. The molecular formula is C25H34N4O4S. The Labute approximate surface area is 202 Å². The fraction of sp³-hybridized carbons (Fsp3) is 0.480. The van der Waals surface area contributed by atoms with Gasteiger partial charge in [-0.15, -0.1) is 0 Å². The number of pyridine rings is 1. The second-order valence-corrected chi connectivity index (χ2v) is 11.1. The minimum absolute atomic E-state index is 0.0894. The maximum atomic E-state index is 13.5. The van der Waals surface area contributed by atoms with Gasteiger partial charge in [0, 0.05) is 32.3 Å². The van der Waals surface area contributed by atoms with Crippen molar-refractivity contribution in [3.63, 3.8) is 0 Å². The van der Waals surface area contributed by atoms with Gasteiger partial charge < -0.3 is 10.2 Å². The molecule has 2 amide bonds. The molecule has 0 radical (unpaired) electrons. The molecule has 184 valence electrons. The van der Waals surface area contributed by atoms with Crippen LogP contribution in [0.1, 0.15) is 40.7 Å². The maximum Gasteiger partial charge on any atom is 0.245 e. The van der Waals surface area contributed by atoms with Crippen LogP contribution in [0.5, 0.6) is 0 Å². The van der Waals surface area contributed by atoms with Crippen LogP contribution in [0.25, 0.3) is 0 Å². The second kappa shape index (κ2) is 10.2. The van der Waals surface area contributed by atoms with Crippen molar-refractivity contribution in [3.8, 4) is 0 Å². The van der Waals surface area contributed by atoms with Gasteiger partial charge in [0.05, 0.1) is 11.4 Å². The smallest absolute Gasteiger partial charge is 0.245 e. The molecule has 1 aliphatic rings. The van der Waals surface area contributed by atoms with Crippen LogP contribution in [-0.2, 0) is 19.6 Å². The highest BCUT2D eigenvalue weighted by Crippen LogP contribution is 2.31. The van der Waals surface area contributed by atoms with Crippen LogP contribution in [0.4, 0.5) is 5.82 Å². The number of likely N-dealkylation sites (N-methyl/N-ethyl adjacent to an activating group) is 1. The van der Waals surface area contributed by atoms with Gasteiger partial charge in [-0.25, -0.2) is 13.4 Å². The topological polar surface area (TPSA) is 99.7 Å². The number of aromatic nitrogens is 1. The summed E-state index contributed by atoms with van der Waals surface area (Å²) in [6, 6.07) is 5.60. The summed E-state index contributed by atoms with van der Waals surface area (Å²) in [5.74, 6) is -0.345. The number of hydrogen-bond acceptors (Lipinski definition) is 5. The van der Waals surface area contributed by atoms with Crippen LogP contribution in [0.2, 0.25) is 0 Å². The Morgan fingerprint density at radius 2 is 1.65 bits per heavy atom. The van der Waals surface area contributed by atoms with Crippen molar-refractivity contribution < 1.29 is 18.0 Å². The van der Waals surface area contributed by atoms with Crippen molar-refractivity contribution in [2.45, 2.75) is 52.4 Å². The minimum atomic E-state index is -3.66. The van der Waals surface area contributed by atoms with Gasteiger partial charge in [-0.05, 0) is 87.4 Å². The van der Waals surface area contributed by atoms with Crippen molar-refractivity contribution in [3.05, 3.63) is 52.2 Å². The third-order valence-corrected chi connectivity index (χ3v) is 8.81. The molecule has 1 aliphatic heterocycles. The number of aryl methyl sites for hydroxylation is 3. The van der Waals surface area contributed by atoms with Crippen LogP contribution in [0, 0.1) is 40.5 Å². The van der Waals surface area contributed by atoms with Crippen LogP contribution in [0.15, 0.2) is 29.3 Å². The Kier molecular flexibility index (Phi) is 7.77. The summed E-state index contributed by atoms with van der Waals surface area (Å²) < 4.78 is 28.4. The molecule has 8 nitrogen and oxygen atoms in total. The number of amides is 2. The number of anilines is 1. The predicted octanol–water partition coefficient (Wildman–Crippen LogP) is 3.12. The fourth-order valence-electron chi connectivity index (χ4n) is 4.43. The Hall–Kier alpha value is -2.78. The number of hydrogen-bond donors (Lipinski definition) is 1. The standard InChI is InChI=1S/C25H34N4O4S/c1-16-7-10-26-22(13-16)27-23(30)15-28(6)25(31)21-8-11-29(12-9-21)34(32,33)24-19(4)17(2)14-18(3)20(24)5/h7,10,13-14,21H,8-9,11-12,15H2,1-6H3,(H,26,27,30). The number of rotatable bonds is 6. The predicted molar refractivity (Wildman–Crippen MR) is 132 cm³/mol. The molecule has 2 aromatic rings. The Bertz CT molecular complexity index is 1180. The molecule has 0 unspecified atom stereocenters. The van der Waals surface area contributed by atoms with E-state index in [2.05, 4.69) is 10.3 Å². The lowest BCUT2D eigenvalue weighted by Gasteiger charge is -2.33. The molecule has 0 spiro atoms.